The molecule has 16 heavy (non-hydrogen) atoms. The summed E-state index contributed by atoms with van der Waals surface area (Å²) in [6, 6.07) is 6.26. The Kier molecular flexibility index (Phi) is 4.24. The van der Waals surface area contributed by atoms with E-state index in [-0.39, 0.29) is 0 Å². The van der Waals surface area contributed by atoms with Crippen molar-refractivity contribution in [3.05, 3.63) is 30.1 Å². The minimum atomic E-state index is 0.579. The number of nitrogens with zero attached hydrogens (tertiary/aromatic N) is 2. The number of hydrogen-bond acceptors (Lipinski definition) is 3. The van der Waals surface area contributed by atoms with Crippen molar-refractivity contribution in [1.82, 2.24) is 9.88 Å². The molecule has 1 fully saturated rings. The molecule has 0 radical (unpaired) electrons. The van der Waals surface area contributed by atoms with Crippen LogP contribution in [0.1, 0.15) is 23.8 Å². The monoisotopic (exact) mass is 236 g/mol. The molecule has 1 aromatic heterocycles. The van der Waals surface area contributed by atoms with E-state index in [1.807, 2.05) is 24.0 Å². The van der Waals surface area contributed by atoms with Crippen LogP contribution in [-0.2, 0) is 0 Å². The van der Waals surface area contributed by atoms with Gasteiger partial charge >= 0.3 is 0 Å². The van der Waals surface area contributed by atoms with E-state index in [9.17, 15) is 0 Å². The van der Waals surface area contributed by atoms with Gasteiger partial charge in [-0.1, -0.05) is 6.07 Å². The van der Waals surface area contributed by atoms with Crippen LogP contribution < -0.4 is 0 Å². The smallest absolute Gasteiger partial charge is 0.0536 e. The van der Waals surface area contributed by atoms with Gasteiger partial charge < -0.3 is 4.90 Å². The summed E-state index contributed by atoms with van der Waals surface area (Å²) < 4.78 is 0. The zero-order valence-corrected chi connectivity index (χ0v) is 10.9. The number of thioether (sulfide) groups is 1. The highest BCUT2D eigenvalue weighted by Crippen LogP contribution is 2.38. The summed E-state index contributed by atoms with van der Waals surface area (Å²) in [6.07, 6.45) is 6.72. The van der Waals surface area contributed by atoms with Gasteiger partial charge in [0.25, 0.3) is 0 Å². The minimum absolute atomic E-state index is 0.579. The van der Waals surface area contributed by atoms with Crippen molar-refractivity contribution in [2.45, 2.75) is 18.1 Å². The van der Waals surface area contributed by atoms with Crippen LogP contribution >= 0.6 is 11.8 Å². The fourth-order valence-corrected chi connectivity index (χ4v) is 3.47. The summed E-state index contributed by atoms with van der Waals surface area (Å²) in [5, 5.41) is 0.579. The van der Waals surface area contributed by atoms with Crippen LogP contribution in [0.5, 0.6) is 0 Å². The summed E-state index contributed by atoms with van der Waals surface area (Å²) >= 11 is 1.95. The lowest BCUT2D eigenvalue weighted by atomic mass is 9.91. The van der Waals surface area contributed by atoms with Crippen molar-refractivity contribution in [3.63, 3.8) is 0 Å². The zero-order chi connectivity index (χ0) is 11.4. The van der Waals surface area contributed by atoms with Crippen molar-refractivity contribution >= 4 is 11.8 Å². The highest BCUT2D eigenvalue weighted by atomic mass is 32.2. The van der Waals surface area contributed by atoms with Crippen molar-refractivity contribution in [2.24, 2.45) is 5.92 Å². The third-order valence-electron chi connectivity index (χ3n) is 3.42. The molecule has 0 aromatic carbocycles. The first-order valence-corrected chi connectivity index (χ1v) is 7.22. The van der Waals surface area contributed by atoms with E-state index in [0.29, 0.717) is 5.25 Å². The highest BCUT2D eigenvalue weighted by molar-refractivity contribution is 7.98. The van der Waals surface area contributed by atoms with Crippen LogP contribution in [0.15, 0.2) is 24.4 Å². The van der Waals surface area contributed by atoms with Crippen molar-refractivity contribution in [1.29, 1.82) is 0 Å². The molecular formula is C13H20N2S. The molecule has 2 nitrogen and oxygen atoms in total. The molecule has 0 bridgehead atoms. The topological polar surface area (TPSA) is 16.1 Å². The lowest BCUT2D eigenvalue weighted by Crippen LogP contribution is -2.32. The van der Waals surface area contributed by atoms with Gasteiger partial charge in [-0.15, -0.1) is 0 Å². The highest BCUT2D eigenvalue weighted by Gasteiger charge is 2.26. The average Bonchev–Trinajstić information content (AvgIpc) is 2.34. The van der Waals surface area contributed by atoms with Crippen LogP contribution in [0, 0.1) is 5.92 Å². The summed E-state index contributed by atoms with van der Waals surface area (Å²) in [4.78, 5) is 6.93. The Morgan fingerprint density at radius 1 is 1.38 bits per heavy atom. The lowest BCUT2D eigenvalue weighted by molar-refractivity contribution is 0.216. The first kappa shape index (κ1) is 11.9. The second-order valence-corrected chi connectivity index (χ2v) is 5.53. The van der Waals surface area contributed by atoms with Gasteiger partial charge in [-0.25, -0.2) is 0 Å². The van der Waals surface area contributed by atoms with E-state index >= 15 is 0 Å². The van der Waals surface area contributed by atoms with Crippen LogP contribution in [0.25, 0.3) is 0 Å². The Bertz CT molecular complexity index is 307. The Hall–Kier alpha value is -0.540. The molecule has 1 atom stereocenters. The van der Waals surface area contributed by atoms with Crippen molar-refractivity contribution in [3.8, 4) is 0 Å². The molecule has 3 heteroatoms. The number of rotatable bonds is 3. The molecule has 1 unspecified atom stereocenters. The molecule has 0 N–H and O–H groups in total. The molecular weight excluding hydrogens is 216 g/mol. The molecule has 0 spiro atoms. The SMILES string of the molecule is CSC(c1ccccn1)C1CCN(C)CC1. The lowest BCUT2D eigenvalue weighted by Gasteiger charge is -2.33. The summed E-state index contributed by atoms with van der Waals surface area (Å²) in [6.45, 7) is 2.46. The van der Waals surface area contributed by atoms with Gasteiger partial charge in [-0.3, -0.25) is 4.98 Å². The van der Waals surface area contributed by atoms with Gasteiger partial charge in [0.15, 0.2) is 0 Å². The van der Waals surface area contributed by atoms with E-state index in [4.69, 9.17) is 0 Å². The summed E-state index contributed by atoms with van der Waals surface area (Å²) in [7, 11) is 2.21. The predicted octanol–water partition coefficient (Wildman–Crippen LogP) is 2.83. The summed E-state index contributed by atoms with van der Waals surface area (Å²) in [5.74, 6) is 0.793. The molecule has 1 aliphatic heterocycles. The Morgan fingerprint density at radius 2 is 2.12 bits per heavy atom. The molecule has 1 saturated heterocycles. The molecule has 2 rings (SSSR count). The third-order valence-corrected chi connectivity index (χ3v) is 4.56. The van der Waals surface area contributed by atoms with E-state index in [0.717, 1.165) is 5.92 Å². The molecule has 0 saturated carbocycles. The van der Waals surface area contributed by atoms with Crippen LogP contribution in [0.2, 0.25) is 0 Å². The van der Waals surface area contributed by atoms with Gasteiger partial charge in [0, 0.05) is 11.4 Å². The van der Waals surface area contributed by atoms with Crippen molar-refractivity contribution in [2.75, 3.05) is 26.4 Å². The Balaban J connectivity index is 2.05. The van der Waals surface area contributed by atoms with E-state index in [1.165, 1.54) is 31.6 Å². The predicted molar refractivity (Wildman–Crippen MR) is 70.7 cm³/mol. The third kappa shape index (κ3) is 2.77. The maximum Gasteiger partial charge on any atom is 0.0536 e. The molecule has 1 aromatic rings. The largest absolute Gasteiger partial charge is 0.306 e. The fraction of sp³-hybridized carbons (Fsp3) is 0.615. The molecule has 0 amide bonds. The van der Waals surface area contributed by atoms with E-state index in [2.05, 4.69) is 35.3 Å². The van der Waals surface area contributed by atoms with Crippen LogP contribution in [-0.4, -0.2) is 36.3 Å². The van der Waals surface area contributed by atoms with E-state index in [1.54, 1.807) is 0 Å². The minimum Gasteiger partial charge on any atom is -0.306 e. The van der Waals surface area contributed by atoms with Gasteiger partial charge in [0.2, 0.25) is 0 Å². The average molecular weight is 236 g/mol. The van der Waals surface area contributed by atoms with Gasteiger partial charge in [-0.05, 0) is 57.3 Å². The quantitative estimate of drug-likeness (QED) is 0.803. The van der Waals surface area contributed by atoms with E-state index < -0.39 is 0 Å². The van der Waals surface area contributed by atoms with Crippen molar-refractivity contribution < 1.29 is 0 Å². The maximum atomic E-state index is 4.51. The fourth-order valence-electron chi connectivity index (χ4n) is 2.43. The van der Waals surface area contributed by atoms with Crippen LogP contribution in [0.4, 0.5) is 0 Å². The number of hydrogen-bond donors (Lipinski definition) is 0. The number of aromatic nitrogens is 1. The molecule has 2 heterocycles. The maximum absolute atomic E-state index is 4.51. The number of pyridine rings is 1. The molecule has 0 aliphatic carbocycles. The Morgan fingerprint density at radius 3 is 2.69 bits per heavy atom. The standard InChI is InChI=1S/C13H20N2S/c1-15-9-6-11(7-10-15)13(16-2)12-5-3-4-8-14-12/h3-5,8,11,13H,6-7,9-10H2,1-2H3. The first-order valence-electron chi connectivity index (χ1n) is 5.93. The molecule has 1 aliphatic rings. The van der Waals surface area contributed by atoms with Crippen LogP contribution in [0.3, 0.4) is 0 Å². The first-order chi connectivity index (χ1) is 7.81. The zero-order valence-electron chi connectivity index (χ0n) is 10.1. The second kappa shape index (κ2) is 5.69. The van der Waals surface area contributed by atoms with Gasteiger partial charge in [0.1, 0.15) is 0 Å². The normalized spacial score (nSPS) is 20.9. The van der Waals surface area contributed by atoms with Gasteiger partial charge in [0.05, 0.1) is 5.69 Å². The number of likely N-dealkylation sites (tertiary alicyclic amines) is 1. The Labute approximate surface area is 102 Å². The second-order valence-electron chi connectivity index (χ2n) is 4.55. The molecule has 88 valence electrons. The van der Waals surface area contributed by atoms with Gasteiger partial charge in [-0.2, -0.15) is 11.8 Å². The number of piperidine rings is 1. The summed E-state index contributed by atoms with van der Waals surface area (Å²) in [5.41, 5.74) is 1.25.